The van der Waals surface area contributed by atoms with Crippen LogP contribution in [0, 0.1) is 17.6 Å². The molecule has 10 heteroatoms. The van der Waals surface area contributed by atoms with Gasteiger partial charge in [0.05, 0.1) is 11.3 Å². The van der Waals surface area contributed by atoms with Crippen molar-refractivity contribution in [3.8, 4) is 0 Å². The summed E-state index contributed by atoms with van der Waals surface area (Å²) in [4.78, 5) is 51.7. The van der Waals surface area contributed by atoms with E-state index in [1.807, 2.05) is 0 Å². The lowest BCUT2D eigenvalue weighted by atomic mass is 9.85. The number of aromatic nitrogens is 1. The number of hydrogen-bond acceptors (Lipinski definition) is 5. The molecule has 2 amide bonds. The molecule has 3 aromatic rings. The summed E-state index contributed by atoms with van der Waals surface area (Å²) in [7, 11) is 1.48. The number of primary amides is 1. The molecule has 8 nitrogen and oxygen atoms in total. The first-order valence-electron chi connectivity index (χ1n) is 9.93. The lowest BCUT2D eigenvalue weighted by molar-refractivity contribution is -0.121. The van der Waals surface area contributed by atoms with Crippen molar-refractivity contribution >= 4 is 29.3 Å². The van der Waals surface area contributed by atoms with E-state index in [0.717, 1.165) is 12.1 Å². The molecule has 4 rings (SSSR count). The van der Waals surface area contributed by atoms with Gasteiger partial charge in [-0.1, -0.05) is 6.07 Å². The van der Waals surface area contributed by atoms with Crippen LogP contribution in [-0.2, 0) is 11.2 Å². The molecular formula is C24H19F2N3O5. The van der Waals surface area contributed by atoms with Gasteiger partial charge in [-0.2, -0.15) is 0 Å². The van der Waals surface area contributed by atoms with E-state index < -0.39 is 41.1 Å². The Morgan fingerprint density at radius 1 is 1.00 bits per heavy atom. The third-order valence-corrected chi connectivity index (χ3v) is 5.20. The van der Waals surface area contributed by atoms with Crippen LogP contribution >= 0.6 is 0 Å². The Kier molecular flexibility index (Phi) is 7.10. The molecule has 1 aromatic heterocycles. The molecule has 0 aliphatic carbocycles. The minimum atomic E-state index is -1.19. The van der Waals surface area contributed by atoms with Crippen LogP contribution in [0.4, 0.5) is 14.5 Å². The van der Waals surface area contributed by atoms with Gasteiger partial charge in [0.25, 0.3) is 0 Å². The number of aromatic carboxylic acids is 1. The number of benzene rings is 2. The second-order valence-electron chi connectivity index (χ2n) is 7.40. The Morgan fingerprint density at radius 2 is 1.68 bits per heavy atom. The number of nitrogens with zero attached hydrogens (tertiary/aromatic N) is 2. The number of amides is 2. The highest BCUT2D eigenvalue weighted by Gasteiger charge is 2.38. The fraction of sp³-hybridized carbons (Fsp3) is 0.125. The van der Waals surface area contributed by atoms with E-state index in [-0.39, 0.29) is 17.5 Å². The van der Waals surface area contributed by atoms with Crippen LogP contribution in [0.15, 0.2) is 60.9 Å². The average molecular weight is 467 g/mol. The molecule has 1 atom stereocenters. The second kappa shape index (κ2) is 9.99. The van der Waals surface area contributed by atoms with E-state index in [2.05, 4.69) is 4.98 Å². The van der Waals surface area contributed by atoms with Gasteiger partial charge in [-0.3, -0.25) is 19.4 Å². The number of ketones is 1. The summed E-state index contributed by atoms with van der Waals surface area (Å²) in [6, 6.07) is 10.3. The number of hydrogen-bond donors (Lipinski definition) is 2. The first kappa shape index (κ1) is 24.2. The van der Waals surface area contributed by atoms with Crippen LogP contribution in [0.3, 0.4) is 0 Å². The molecule has 3 N–H and O–H groups in total. The summed E-state index contributed by atoms with van der Waals surface area (Å²) in [5.41, 5.74) is 6.11. The molecule has 2 aromatic carbocycles. The summed E-state index contributed by atoms with van der Waals surface area (Å²) in [5.74, 6) is -5.82. The highest BCUT2D eigenvalue weighted by molar-refractivity contribution is 6.22. The molecule has 1 aliphatic rings. The number of carboxylic acids is 1. The summed E-state index contributed by atoms with van der Waals surface area (Å²) in [5, 5.41) is 9.08. The smallest absolute Gasteiger partial charge is 0.335 e. The van der Waals surface area contributed by atoms with Crippen molar-refractivity contribution in [3.05, 3.63) is 94.8 Å². The van der Waals surface area contributed by atoms with Gasteiger partial charge in [0.1, 0.15) is 5.92 Å². The summed E-state index contributed by atoms with van der Waals surface area (Å²) < 4.78 is 26.4. The maximum Gasteiger partial charge on any atom is 0.335 e. The molecule has 174 valence electrons. The maximum absolute atomic E-state index is 13.4. The zero-order chi connectivity index (χ0) is 25.0. The van der Waals surface area contributed by atoms with Crippen LogP contribution in [0.1, 0.15) is 36.6 Å². The number of carboxylic acid groups (broad SMARTS) is 1. The molecule has 0 saturated heterocycles. The number of halogens is 2. The molecule has 0 bridgehead atoms. The lowest BCUT2D eigenvalue weighted by Crippen LogP contribution is -2.43. The molecular weight excluding hydrogens is 448 g/mol. The van der Waals surface area contributed by atoms with Gasteiger partial charge in [-0.25, -0.2) is 13.6 Å². The van der Waals surface area contributed by atoms with Crippen LogP contribution in [0.5, 0.6) is 0 Å². The fourth-order valence-electron chi connectivity index (χ4n) is 3.41. The topological polar surface area (TPSA) is 131 Å². The van der Waals surface area contributed by atoms with Crippen molar-refractivity contribution in [2.24, 2.45) is 11.7 Å². The number of rotatable bonds is 4. The Hall–Kier alpha value is -4.47. The third kappa shape index (κ3) is 5.12. The SMILES string of the molecule is CN1C(=O)C(Cc2ccc(F)c(F)c2)C(=O)c2cc(C(=O)O)ccc21.NC(=O)c1ccncc1. The van der Waals surface area contributed by atoms with Crippen LogP contribution < -0.4 is 10.6 Å². The summed E-state index contributed by atoms with van der Waals surface area (Å²) >= 11 is 0. The summed E-state index contributed by atoms with van der Waals surface area (Å²) in [6.07, 6.45) is 2.95. The predicted molar refractivity (Wildman–Crippen MR) is 117 cm³/mol. The molecule has 0 radical (unpaired) electrons. The maximum atomic E-state index is 13.4. The van der Waals surface area contributed by atoms with Crippen molar-refractivity contribution in [2.75, 3.05) is 11.9 Å². The molecule has 0 saturated carbocycles. The largest absolute Gasteiger partial charge is 0.478 e. The van der Waals surface area contributed by atoms with Gasteiger partial charge < -0.3 is 15.7 Å². The van der Waals surface area contributed by atoms with E-state index >= 15 is 0 Å². The number of carbonyl (C=O) groups is 4. The van der Waals surface area contributed by atoms with Gasteiger partial charge >= 0.3 is 5.97 Å². The predicted octanol–water partition coefficient (Wildman–Crippen LogP) is 2.86. The van der Waals surface area contributed by atoms with Crippen LogP contribution in [-0.4, -0.2) is 40.7 Å². The van der Waals surface area contributed by atoms with E-state index in [4.69, 9.17) is 10.8 Å². The van der Waals surface area contributed by atoms with E-state index in [1.165, 1.54) is 48.6 Å². The highest BCUT2D eigenvalue weighted by Crippen LogP contribution is 2.32. The Balaban J connectivity index is 0.000000302. The van der Waals surface area contributed by atoms with Gasteiger partial charge in [0.15, 0.2) is 17.4 Å². The van der Waals surface area contributed by atoms with Crippen molar-refractivity contribution < 1.29 is 33.1 Å². The molecule has 34 heavy (non-hydrogen) atoms. The monoisotopic (exact) mass is 467 g/mol. The summed E-state index contributed by atoms with van der Waals surface area (Å²) in [6.45, 7) is 0. The molecule has 0 spiro atoms. The van der Waals surface area contributed by atoms with Crippen molar-refractivity contribution in [3.63, 3.8) is 0 Å². The quantitative estimate of drug-likeness (QED) is 0.568. The Labute approximate surface area is 192 Å². The van der Waals surface area contributed by atoms with Gasteiger partial charge in [-0.15, -0.1) is 0 Å². The zero-order valence-electron chi connectivity index (χ0n) is 17.9. The molecule has 1 aliphatic heterocycles. The number of pyridine rings is 1. The first-order chi connectivity index (χ1) is 16.1. The Morgan fingerprint density at radius 3 is 2.24 bits per heavy atom. The molecule has 2 heterocycles. The average Bonchev–Trinajstić information content (AvgIpc) is 2.83. The third-order valence-electron chi connectivity index (χ3n) is 5.20. The lowest BCUT2D eigenvalue weighted by Gasteiger charge is -2.30. The highest BCUT2D eigenvalue weighted by atomic mass is 19.2. The van der Waals surface area contributed by atoms with E-state index in [9.17, 15) is 28.0 Å². The number of carbonyl (C=O) groups excluding carboxylic acids is 3. The number of fused-ring (bicyclic) bond motifs is 1. The molecule has 0 fully saturated rings. The number of anilines is 1. The molecule has 1 unspecified atom stereocenters. The normalized spacial score (nSPS) is 14.7. The van der Waals surface area contributed by atoms with Gasteiger partial charge in [0.2, 0.25) is 11.8 Å². The fourth-order valence-corrected chi connectivity index (χ4v) is 3.41. The van der Waals surface area contributed by atoms with Crippen molar-refractivity contribution in [1.82, 2.24) is 4.98 Å². The van der Waals surface area contributed by atoms with Crippen molar-refractivity contribution in [2.45, 2.75) is 6.42 Å². The number of nitrogens with two attached hydrogens (primary N) is 1. The van der Waals surface area contributed by atoms with Gasteiger partial charge in [-0.05, 0) is 54.4 Å². The first-order valence-corrected chi connectivity index (χ1v) is 9.93. The second-order valence-corrected chi connectivity index (χ2v) is 7.40. The number of Topliss-reactive ketones (excluding diaryl/α,β-unsaturated/α-hetero) is 1. The van der Waals surface area contributed by atoms with Crippen molar-refractivity contribution in [1.29, 1.82) is 0 Å². The standard InChI is InChI=1S/C18H13F2NO4.C6H6N2O/c1-21-15-5-3-10(18(24)25)8-11(15)16(22)12(17(21)23)6-9-2-4-13(19)14(20)7-9;7-6(9)5-1-3-8-4-2-5/h2-5,7-8,12H,6H2,1H3,(H,24,25);1-4H,(H2,7,9). The van der Waals surface area contributed by atoms with Crippen LogP contribution in [0.2, 0.25) is 0 Å². The minimum Gasteiger partial charge on any atom is -0.478 e. The van der Waals surface area contributed by atoms with E-state index in [0.29, 0.717) is 16.8 Å². The van der Waals surface area contributed by atoms with E-state index in [1.54, 1.807) is 12.1 Å². The zero-order valence-corrected chi connectivity index (χ0v) is 17.9. The van der Waals surface area contributed by atoms with Gasteiger partial charge in [0, 0.05) is 30.6 Å². The van der Waals surface area contributed by atoms with Crippen LogP contribution in [0.25, 0.3) is 0 Å². The Bertz CT molecular complexity index is 1280. The minimum absolute atomic E-state index is 0.0681.